The first-order chi connectivity index (χ1) is 18.0. The number of benzene rings is 1. The van der Waals surface area contributed by atoms with Crippen LogP contribution in [-0.4, -0.2) is 83.3 Å². The van der Waals surface area contributed by atoms with Crippen molar-refractivity contribution in [3.63, 3.8) is 0 Å². The molecule has 3 aliphatic rings. The molecule has 2 aliphatic heterocycles. The van der Waals surface area contributed by atoms with Crippen LogP contribution in [0.15, 0.2) is 36.4 Å². The number of hydrogen-bond acceptors (Lipinski definition) is 6. The summed E-state index contributed by atoms with van der Waals surface area (Å²) < 4.78 is 14.1. The average molecular weight is 567 g/mol. The third-order valence-corrected chi connectivity index (χ3v) is 14.2. The van der Waals surface area contributed by atoms with E-state index in [1.165, 1.54) is 22.0 Å². The number of hydrogen-bond donors (Lipinski definition) is 1. The molecule has 0 unspecified atom stereocenters. The number of carboxylic acid groups (broad SMARTS) is 1. The topological polar surface area (TPSA) is 89.7 Å². The van der Waals surface area contributed by atoms with Crippen LogP contribution in [0.5, 0.6) is 5.75 Å². The Morgan fingerprint density at radius 3 is 2.49 bits per heavy atom. The van der Waals surface area contributed by atoms with Crippen molar-refractivity contribution in [3.05, 3.63) is 47.8 Å². The van der Waals surface area contributed by atoms with Gasteiger partial charge in [0.2, 0.25) is 0 Å². The number of para-hydroxylation sites is 1. The molecule has 4 heterocycles. The molecule has 196 valence electrons. The van der Waals surface area contributed by atoms with Crippen molar-refractivity contribution < 1.29 is 19.4 Å². The number of carboxylic acids is 1. The second kappa shape index (κ2) is 10.0. The fraction of sp³-hybridized carbons (Fsp3) is 0.536. The average Bonchev–Trinajstić information content (AvgIpc) is 3.20. The quantitative estimate of drug-likeness (QED) is 0.354. The molecule has 0 spiro atoms. The SMILES string of the molecule is CC[As](CC)CC1(N2CC(Oc3cc(C(=O)O)nc4c3c(C3CCC3)nn4-c3ccccc3)C2)COC1. The van der Waals surface area contributed by atoms with Gasteiger partial charge in [0.15, 0.2) is 0 Å². The second-order valence-corrected chi connectivity index (χ2v) is 16.7. The summed E-state index contributed by atoms with van der Waals surface area (Å²) in [6.07, 6.45) is 3.37. The maximum atomic E-state index is 12.0. The number of ether oxygens (including phenoxy) is 2. The number of fused-ring (bicyclic) bond motifs is 1. The van der Waals surface area contributed by atoms with Gasteiger partial charge in [-0.15, -0.1) is 0 Å². The van der Waals surface area contributed by atoms with Crippen molar-refractivity contribution in [2.75, 3.05) is 26.3 Å². The van der Waals surface area contributed by atoms with Crippen molar-refractivity contribution in [2.24, 2.45) is 0 Å². The van der Waals surface area contributed by atoms with Crippen LogP contribution in [-0.2, 0) is 4.74 Å². The maximum absolute atomic E-state index is 12.0. The second-order valence-electron chi connectivity index (χ2n) is 10.6. The number of aromatic carboxylic acids is 1. The molecule has 1 saturated carbocycles. The van der Waals surface area contributed by atoms with E-state index in [2.05, 4.69) is 23.7 Å². The fourth-order valence-electron chi connectivity index (χ4n) is 5.68. The molecular formula is C28H35AsN4O4. The summed E-state index contributed by atoms with van der Waals surface area (Å²) in [5.41, 5.74) is 2.57. The van der Waals surface area contributed by atoms with E-state index in [1.54, 1.807) is 10.7 Å². The van der Waals surface area contributed by atoms with Crippen LogP contribution < -0.4 is 4.74 Å². The van der Waals surface area contributed by atoms with E-state index in [4.69, 9.17) is 14.6 Å². The Hall–Kier alpha value is -2.41. The monoisotopic (exact) mass is 566 g/mol. The first kappa shape index (κ1) is 24.9. The van der Waals surface area contributed by atoms with Crippen LogP contribution >= 0.6 is 0 Å². The van der Waals surface area contributed by atoms with Gasteiger partial charge in [-0.25, -0.2) is 0 Å². The standard InChI is InChI=1S/C28H35AsN4O4/c1-3-29(4-2)16-28(17-36-18-28)32-14-21(15-32)37-23-13-22(27(34)35)30-26-24(23)25(19-9-8-10-19)31-33(26)20-11-6-5-7-12-20/h5-7,11-13,19,21H,3-4,8-10,14-18H2,1-2H3,(H,34,35). The van der Waals surface area contributed by atoms with Crippen molar-refractivity contribution in [2.45, 2.75) is 66.3 Å². The van der Waals surface area contributed by atoms with E-state index < -0.39 is 20.6 Å². The van der Waals surface area contributed by atoms with Crippen LogP contribution in [0.1, 0.15) is 55.2 Å². The molecule has 2 aromatic heterocycles. The van der Waals surface area contributed by atoms with E-state index in [1.807, 2.05) is 30.3 Å². The van der Waals surface area contributed by atoms with Gasteiger partial charge >= 0.3 is 204 Å². The predicted octanol–water partition coefficient (Wildman–Crippen LogP) is 4.75. The molecule has 3 fully saturated rings. The zero-order chi connectivity index (χ0) is 25.6. The number of pyridine rings is 1. The summed E-state index contributed by atoms with van der Waals surface area (Å²) in [6.45, 7) is 8.01. The Kier molecular flexibility index (Phi) is 6.76. The molecule has 9 heteroatoms. The summed E-state index contributed by atoms with van der Waals surface area (Å²) >= 11 is -0.823. The molecule has 0 radical (unpaired) electrons. The van der Waals surface area contributed by atoms with E-state index in [0.717, 1.165) is 55.9 Å². The minimum atomic E-state index is -1.06. The van der Waals surface area contributed by atoms with E-state index in [9.17, 15) is 9.90 Å². The van der Waals surface area contributed by atoms with E-state index in [-0.39, 0.29) is 17.3 Å². The summed E-state index contributed by atoms with van der Waals surface area (Å²) in [7, 11) is 0. The Labute approximate surface area is 222 Å². The molecule has 6 rings (SSSR count). The van der Waals surface area contributed by atoms with Gasteiger partial charge in [0.25, 0.3) is 0 Å². The number of nitrogens with zero attached hydrogens (tertiary/aromatic N) is 4. The molecule has 3 aromatic rings. The Bertz CT molecular complexity index is 1280. The Morgan fingerprint density at radius 1 is 1.19 bits per heavy atom. The molecule has 2 saturated heterocycles. The zero-order valence-electron chi connectivity index (χ0n) is 21.6. The van der Waals surface area contributed by atoms with Gasteiger partial charge in [-0.2, -0.15) is 0 Å². The summed E-state index contributed by atoms with van der Waals surface area (Å²) in [6, 6.07) is 11.4. The van der Waals surface area contributed by atoms with Crippen LogP contribution in [0.25, 0.3) is 16.7 Å². The summed E-state index contributed by atoms with van der Waals surface area (Å²) in [4.78, 5) is 19.1. The first-order valence-corrected chi connectivity index (χ1v) is 17.4. The van der Waals surface area contributed by atoms with Gasteiger partial charge in [0.1, 0.15) is 0 Å². The van der Waals surface area contributed by atoms with E-state index >= 15 is 0 Å². The molecule has 8 nitrogen and oxygen atoms in total. The molecule has 0 atom stereocenters. The number of carbonyl (C=O) groups is 1. The minimum absolute atomic E-state index is 0.0141. The van der Waals surface area contributed by atoms with Crippen molar-refractivity contribution in [1.82, 2.24) is 19.7 Å². The molecular weight excluding hydrogens is 531 g/mol. The van der Waals surface area contributed by atoms with Gasteiger partial charge in [0, 0.05) is 0 Å². The molecule has 0 amide bonds. The van der Waals surface area contributed by atoms with Crippen molar-refractivity contribution in [1.29, 1.82) is 0 Å². The number of aromatic nitrogens is 3. The van der Waals surface area contributed by atoms with Gasteiger partial charge in [0.05, 0.1) is 0 Å². The molecule has 37 heavy (non-hydrogen) atoms. The summed E-state index contributed by atoms with van der Waals surface area (Å²) in [5, 5.41) is 19.7. The zero-order valence-corrected chi connectivity index (χ0v) is 23.5. The fourth-order valence-corrected chi connectivity index (χ4v) is 10.1. The number of rotatable bonds is 10. The first-order valence-electron chi connectivity index (χ1n) is 13.5. The normalized spacial score (nSPS) is 20.0. The van der Waals surface area contributed by atoms with Gasteiger partial charge in [-0.3, -0.25) is 0 Å². The Morgan fingerprint density at radius 2 is 1.92 bits per heavy atom. The molecule has 1 aromatic carbocycles. The molecule has 0 bridgehead atoms. The predicted molar refractivity (Wildman–Crippen MR) is 143 cm³/mol. The molecule has 1 aliphatic carbocycles. The van der Waals surface area contributed by atoms with E-state index in [0.29, 0.717) is 17.3 Å². The number of likely N-dealkylation sites (tertiary alicyclic amines) is 1. The van der Waals surface area contributed by atoms with Crippen molar-refractivity contribution >= 4 is 31.7 Å². The Balaban J connectivity index is 1.32. The van der Waals surface area contributed by atoms with Crippen LogP contribution in [0.3, 0.4) is 0 Å². The third kappa shape index (κ3) is 4.47. The van der Waals surface area contributed by atoms with Crippen LogP contribution in [0.4, 0.5) is 0 Å². The van der Waals surface area contributed by atoms with Crippen molar-refractivity contribution in [3.8, 4) is 11.4 Å². The van der Waals surface area contributed by atoms with Crippen LogP contribution in [0.2, 0.25) is 15.6 Å². The van der Waals surface area contributed by atoms with Gasteiger partial charge < -0.3 is 0 Å². The third-order valence-electron chi connectivity index (χ3n) is 8.31. The van der Waals surface area contributed by atoms with Gasteiger partial charge in [-0.05, 0) is 0 Å². The molecule has 1 N–H and O–H groups in total. The van der Waals surface area contributed by atoms with Gasteiger partial charge in [-0.1, -0.05) is 18.2 Å². The van der Waals surface area contributed by atoms with Crippen LogP contribution in [0, 0.1) is 0 Å². The summed E-state index contributed by atoms with van der Waals surface area (Å²) in [5.74, 6) is -0.107.